The van der Waals surface area contributed by atoms with Crippen LogP contribution in [0.25, 0.3) is 0 Å². The molecule has 1 heterocycles. The molecule has 0 bridgehead atoms. The molecular formula is C25H23BClNO5. The second-order valence-corrected chi connectivity index (χ2v) is 8.59. The van der Waals surface area contributed by atoms with Crippen molar-refractivity contribution in [2.45, 2.75) is 32.0 Å². The van der Waals surface area contributed by atoms with Crippen molar-refractivity contribution in [3.05, 3.63) is 88.4 Å². The third kappa shape index (κ3) is 5.31. The molecule has 0 unspecified atom stereocenters. The summed E-state index contributed by atoms with van der Waals surface area (Å²) >= 11 is 5.99. The zero-order valence-corrected chi connectivity index (χ0v) is 19.1. The molecule has 1 amide bonds. The Hall–Kier alpha value is -3.45. The third-order valence-electron chi connectivity index (χ3n) is 5.63. The van der Waals surface area contributed by atoms with E-state index in [0.29, 0.717) is 28.6 Å². The first-order valence-electron chi connectivity index (χ1n) is 10.6. The van der Waals surface area contributed by atoms with E-state index in [4.69, 9.17) is 26.2 Å². The topological polar surface area (TPSA) is 76.1 Å². The monoisotopic (exact) mass is 463 g/mol. The van der Waals surface area contributed by atoms with Crippen LogP contribution in [0.1, 0.15) is 29.7 Å². The Morgan fingerprint density at radius 2 is 1.91 bits per heavy atom. The van der Waals surface area contributed by atoms with E-state index in [0.717, 1.165) is 16.6 Å². The van der Waals surface area contributed by atoms with Gasteiger partial charge in [0.15, 0.2) is 0 Å². The van der Waals surface area contributed by atoms with Gasteiger partial charge in [-0.2, -0.15) is 0 Å². The lowest BCUT2D eigenvalue weighted by Gasteiger charge is -2.22. The molecule has 168 valence electrons. The summed E-state index contributed by atoms with van der Waals surface area (Å²) in [6, 6.07) is 19.9. The van der Waals surface area contributed by atoms with Crippen LogP contribution in [0.15, 0.2) is 66.7 Å². The molecule has 1 aliphatic rings. The molecule has 1 saturated heterocycles. The summed E-state index contributed by atoms with van der Waals surface area (Å²) < 4.78 is 11.8. The van der Waals surface area contributed by atoms with Gasteiger partial charge in [0.05, 0.1) is 19.0 Å². The Kier molecular flexibility index (Phi) is 6.61. The fraction of sp³-hybridized carbons (Fsp3) is 0.200. The molecule has 8 heteroatoms. The third-order valence-corrected chi connectivity index (χ3v) is 5.88. The van der Waals surface area contributed by atoms with Crippen LogP contribution in [0.3, 0.4) is 0 Å². The van der Waals surface area contributed by atoms with Gasteiger partial charge in [0.1, 0.15) is 25.4 Å². The van der Waals surface area contributed by atoms with Crippen molar-refractivity contribution in [3.8, 4) is 11.5 Å². The van der Waals surface area contributed by atoms with Gasteiger partial charge in [0, 0.05) is 10.6 Å². The average Bonchev–Trinajstić information content (AvgIpc) is 3.04. The van der Waals surface area contributed by atoms with Gasteiger partial charge in [-0.15, -0.1) is 0 Å². The number of carbonyl (C=O) groups is 2. The van der Waals surface area contributed by atoms with Gasteiger partial charge in [-0.1, -0.05) is 53.5 Å². The Labute approximate surface area is 198 Å². The number of hydrogen-bond donors (Lipinski definition) is 1. The van der Waals surface area contributed by atoms with Crippen LogP contribution < -0.4 is 10.2 Å². The molecule has 1 N–H and O–H groups in total. The van der Waals surface area contributed by atoms with Crippen molar-refractivity contribution >= 4 is 37.0 Å². The summed E-state index contributed by atoms with van der Waals surface area (Å²) in [5.41, 5.74) is 3.40. The minimum atomic E-state index is -0.903. The van der Waals surface area contributed by atoms with Gasteiger partial charge in [0.25, 0.3) is 0 Å². The lowest BCUT2D eigenvalue weighted by molar-refractivity contribution is -0.136. The highest BCUT2D eigenvalue weighted by Gasteiger charge is 2.39. The average molecular weight is 464 g/mol. The summed E-state index contributed by atoms with van der Waals surface area (Å²) in [5.74, 6) is 0.234. The van der Waals surface area contributed by atoms with Crippen LogP contribution >= 0.6 is 11.6 Å². The van der Waals surface area contributed by atoms with E-state index in [9.17, 15) is 9.59 Å². The predicted molar refractivity (Wildman–Crippen MR) is 128 cm³/mol. The highest BCUT2D eigenvalue weighted by molar-refractivity contribution is 6.32. The SMILES string of the molecule is Bc1ccc(Oc2cccc(CC(=O)O)c2)c(CN2C(=O)O[C@@H](c3ccc(Cl)cc3)[C@H]2C)c1. The number of nitrogens with zero attached hydrogens (tertiary/aromatic N) is 1. The smallest absolute Gasteiger partial charge is 0.411 e. The van der Waals surface area contributed by atoms with E-state index in [1.165, 1.54) is 0 Å². The number of carboxylic acid groups (broad SMARTS) is 1. The lowest BCUT2D eigenvalue weighted by atomic mass is 9.93. The summed E-state index contributed by atoms with van der Waals surface area (Å²) in [5, 5.41) is 9.68. The molecule has 0 saturated carbocycles. The maximum Gasteiger partial charge on any atom is 0.411 e. The Morgan fingerprint density at radius 1 is 1.15 bits per heavy atom. The Bertz CT molecular complexity index is 1180. The quantitative estimate of drug-likeness (QED) is 0.534. The summed E-state index contributed by atoms with van der Waals surface area (Å²) in [4.78, 5) is 25.4. The number of halogens is 1. The van der Waals surface area contributed by atoms with Crippen molar-refractivity contribution in [1.29, 1.82) is 0 Å². The number of amides is 1. The van der Waals surface area contributed by atoms with Crippen LogP contribution in [0, 0.1) is 0 Å². The molecule has 33 heavy (non-hydrogen) atoms. The molecule has 3 aromatic carbocycles. The Balaban J connectivity index is 1.56. The van der Waals surface area contributed by atoms with Gasteiger partial charge < -0.3 is 14.6 Å². The van der Waals surface area contributed by atoms with Gasteiger partial charge in [-0.05, 0) is 48.4 Å². The minimum absolute atomic E-state index is 0.0822. The summed E-state index contributed by atoms with van der Waals surface area (Å²) in [7, 11) is 1.98. The first-order valence-corrected chi connectivity index (χ1v) is 11.0. The van der Waals surface area contributed by atoms with Crippen molar-refractivity contribution < 1.29 is 24.2 Å². The summed E-state index contributed by atoms with van der Waals surface area (Å²) in [6.45, 7) is 2.27. The number of aliphatic carboxylic acids is 1. The van der Waals surface area contributed by atoms with Gasteiger partial charge in [-0.25, -0.2) is 4.79 Å². The molecule has 6 nitrogen and oxygen atoms in total. The van der Waals surface area contributed by atoms with Crippen LogP contribution in [0.2, 0.25) is 5.02 Å². The van der Waals surface area contributed by atoms with E-state index in [2.05, 4.69) is 0 Å². The normalized spacial score (nSPS) is 17.6. The molecule has 0 radical (unpaired) electrons. The standard InChI is InChI=1S/C25H23BClNO5/c1-15-24(17-5-8-20(27)9-6-17)33-25(31)28(15)14-18-13-19(26)7-10-22(18)32-21-4-2-3-16(11-21)12-23(29)30/h2-11,13,15,24H,12,14,26H2,1H3,(H,29,30)/t15-,24-/m1/s1. The number of hydrogen-bond acceptors (Lipinski definition) is 4. The molecule has 0 aliphatic carbocycles. The molecular weight excluding hydrogens is 441 g/mol. The first-order chi connectivity index (χ1) is 15.8. The van der Waals surface area contributed by atoms with E-state index < -0.39 is 18.2 Å². The largest absolute Gasteiger partial charge is 0.481 e. The van der Waals surface area contributed by atoms with Crippen molar-refractivity contribution in [3.63, 3.8) is 0 Å². The van der Waals surface area contributed by atoms with Crippen molar-refractivity contribution in [1.82, 2.24) is 4.90 Å². The number of ether oxygens (including phenoxy) is 2. The maximum atomic E-state index is 12.7. The second kappa shape index (κ2) is 9.59. The highest BCUT2D eigenvalue weighted by Crippen LogP contribution is 2.35. The van der Waals surface area contributed by atoms with Gasteiger partial charge in [0.2, 0.25) is 0 Å². The molecule has 3 aromatic rings. The summed E-state index contributed by atoms with van der Waals surface area (Å²) in [6.07, 6.45) is -0.865. The van der Waals surface area contributed by atoms with E-state index in [1.54, 1.807) is 41.3 Å². The number of carbonyl (C=O) groups excluding carboxylic acids is 1. The van der Waals surface area contributed by atoms with Crippen molar-refractivity contribution in [2.75, 3.05) is 0 Å². The molecule has 0 spiro atoms. The Morgan fingerprint density at radius 3 is 2.64 bits per heavy atom. The molecule has 1 aliphatic heterocycles. The molecule has 4 rings (SSSR count). The molecule has 0 aromatic heterocycles. The van der Waals surface area contributed by atoms with Crippen LogP contribution in [-0.4, -0.2) is 36.0 Å². The zero-order valence-electron chi connectivity index (χ0n) is 18.3. The van der Waals surface area contributed by atoms with Crippen LogP contribution in [0.5, 0.6) is 11.5 Å². The van der Waals surface area contributed by atoms with Gasteiger partial charge >= 0.3 is 12.1 Å². The fourth-order valence-electron chi connectivity index (χ4n) is 3.95. The van der Waals surface area contributed by atoms with E-state index in [1.807, 2.05) is 45.1 Å². The lowest BCUT2D eigenvalue weighted by Crippen LogP contribution is -2.31. The highest BCUT2D eigenvalue weighted by atomic mass is 35.5. The van der Waals surface area contributed by atoms with Crippen LogP contribution in [-0.2, 0) is 22.5 Å². The van der Waals surface area contributed by atoms with E-state index >= 15 is 0 Å². The molecule has 1 fully saturated rings. The number of cyclic esters (lactones) is 1. The maximum absolute atomic E-state index is 12.7. The zero-order chi connectivity index (χ0) is 23.5. The first kappa shape index (κ1) is 22.7. The van der Waals surface area contributed by atoms with Crippen molar-refractivity contribution in [2.24, 2.45) is 0 Å². The van der Waals surface area contributed by atoms with Crippen LogP contribution in [0.4, 0.5) is 4.79 Å². The minimum Gasteiger partial charge on any atom is -0.481 e. The number of rotatable bonds is 7. The molecule has 2 atom stereocenters. The predicted octanol–water partition coefficient (Wildman–Crippen LogP) is 4.10. The van der Waals surface area contributed by atoms with Gasteiger partial charge in [-0.3, -0.25) is 9.69 Å². The second-order valence-electron chi connectivity index (χ2n) is 8.16. The fourth-order valence-corrected chi connectivity index (χ4v) is 4.07. The number of benzene rings is 3. The number of carboxylic acids is 1. The van der Waals surface area contributed by atoms with E-state index in [-0.39, 0.29) is 12.5 Å².